The highest BCUT2D eigenvalue weighted by atomic mass is 79.9. The second-order valence-corrected chi connectivity index (χ2v) is 10.1. The number of alkyl halides is 1. The first kappa shape index (κ1) is 21.6. The Hall–Kier alpha value is -1.13. The maximum absolute atomic E-state index is 12.9. The Balaban J connectivity index is 1.89. The van der Waals surface area contributed by atoms with Crippen molar-refractivity contribution in [3.8, 4) is 5.75 Å². The number of nitrogens with zero attached hydrogens (tertiary/aromatic N) is 2. The fraction of sp³-hybridized carbons (Fsp3) is 0.389. The molecule has 1 unspecified atom stereocenters. The molecule has 1 aliphatic heterocycles. The van der Waals surface area contributed by atoms with E-state index in [2.05, 4.69) is 37.5 Å². The fourth-order valence-corrected chi connectivity index (χ4v) is 5.88. The molecular weight excluding hydrogens is 486 g/mol. The number of nitrogens with one attached hydrogen (secondary N) is 1. The van der Waals surface area contributed by atoms with Crippen LogP contribution in [0.15, 0.2) is 40.3 Å². The van der Waals surface area contributed by atoms with Gasteiger partial charge in [0, 0.05) is 31.2 Å². The average molecular weight is 507 g/mol. The number of thiocarbonyl (C=S) groups is 1. The molecule has 1 saturated heterocycles. The van der Waals surface area contributed by atoms with Crippen LogP contribution in [-0.4, -0.2) is 63.3 Å². The Morgan fingerprint density at radius 1 is 1.29 bits per heavy atom. The van der Waals surface area contributed by atoms with Crippen LogP contribution in [0.1, 0.15) is 0 Å². The normalized spacial score (nSPS) is 21.2. The van der Waals surface area contributed by atoms with Gasteiger partial charge in [-0.2, -0.15) is 0 Å². The van der Waals surface area contributed by atoms with Crippen LogP contribution < -0.4 is 14.4 Å². The molecule has 0 spiro atoms. The molecule has 1 fully saturated rings. The van der Waals surface area contributed by atoms with Gasteiger partial charge in [0.1, 0.15) is 10.7 Å². The van der Waals surface area contributed by atoms with E-state index in [1.54, 1.807) is 31.4 Å². The maximum atomic E-state index is 12.9. The van der Waals surface area contributed by atoms with Crippen LogP contribution in [0.25, 0.3) is 0 Å². The zero-order valence-corrected chi connectivity index (χ0v) is 19.5. The second-order valence-electron chi connectivity index (χ2n) is 6.61. The molecule has 3 rings (SSSR count). The molecular formula is C18H21BrClN3O3S2. The number of rotatable bonds is 5. The number of allylic oxidation sites excluding steroid dienone is 4. The number of anilines is 2. The predicted octanol–water partition coefficient (Wildman–Crippen LogP) is 3.34. The summed E-state index contributed by atoms with van der Waals surface area (Å²) in [4.78, 5) is 4.30. The van der Waals surface area contributed by atoms with Gasteiger partial charge in [-0.05, 0) is 37.4 Å². The number of likely N-dealkylation sites (N-methyl/N-ethyl adjacent to an activating group) is 1. The van der Waals surface area contributed by atoms with Crippen LogP contribution in [-0.2, 0) is 10.0 Å². The topological polar surface area (TPSA) is 61.9 Å². The van der Waals surface area contributed by atoms with Crippen molar-refractivity contribution in [2.75, 3.05) is 50.0 Å². The highest BCUT2D eigenvalue weighted by Gasteiger charge is 2.29. The number of sulfonamides is 1. The van der Waals surface area contributed by atoms with E-state index in [1.165, 1.54) is 6.08 Å². The monoisotopic (exact) mass is 505 g/mol. The molecule has 1 aromatic rings. The quantitative estimate of drug-likeness (QED) is 0.488. The number of benzene rings is 1. The summed E-state index contributed by atoms with van der Waals surface area (Å²) in [5.74, 6) is 0.700. The lowest BCUT2D eigenvalue weighted by atomic mass is 10.2. The highest BCUT2D eigenvalue weighted by molar-refractivity contribution is 9.10. The smallest absolute Gasteiger partial charge is 0.263 e. The fourth-order valence-electron chi connectivity index (χ4n) is 3.06. The van der Waals surface area contributed by atoms with Crippen LogP contribution in [0.5, 0.6) is 5.75 Å². The lowest BCUT2D eigenvalue weighted by Crippen LogP contribution is -2.44. The molecule has 0 radical (unpaired) electrons. The summed E-state index contributed by atoms with van der Waals surface area (Å²) in [6.45, 7) is 3.53. The Morgan fingerprint density at radius 3 is 2.61 bits per heavy atom. The van der Waals surface area contributed by atoms with Crippen molar-refractivity contribution in [3.05, 3.63) is 40.3 Å². The molecule has 0 aromatic heterocycles. The Morgan fingerprint density at radius 2 is 1.96 bits per heavy atom. The van der Waals surface area contributed by atoms with Crippen LogP contribution in [0.2, 0.25) is 0 Å². The third-order valence-corrected chi connectivity index (χ3v) is 7.92. The number of hydrogen-bond acceptors (Lipinski definition) is 6. The predicted molar refractivity (Wildman–Crippen MR) is 123 cm³/mol. The summed E-state index contributed by atoms with van der Waals surface area (Å²) in [7, 11) is -0.195. The summed E-state index contributed by atoms with van der Waals surface area (Å²) in [5.41, 5.74) is 1.29. The molecule has 2 aliphatic rings. The van der Waals surface area contributed by atoms with E-state index in [-0.39, 0.29) is 9.77 Å². The first-order chi connectivity index (χ1) is 13.2. The number of piperazine rings is 1. The summed E-state index contributed by atoms with van der Waals surface area (Å²) in [5, 5.41) is 0.323. The summed E-state index contributed by atoms with van der Waals surface area (Å²) in [6.07, 6.45) is 3.02. The third-order valence-electron chi connectivity index (χ3n) is 4.63. The molecule has 1 heterocycles. The van der Waals surface area contributed by atoms with Crippen molar-refractivity contribution in [3.63, 3.8) is 0 Å². The van der Waals surface area contributed by atoms with Crippen molar-refractivity contribution in [1.82, 2.24) is 4.90 Å². The Labute approximate surface area is 184 Å². The first-order valence-corrected chi connectivity index (χ1v) is 11.8. The molecule has 0 saturated carbocycles. The average Bonchev–Trinajstić information content (AvgIpc) is 2.65. The summed E-state index contributed by atoms with van der Waals surface area (Å²) in [6, 6.07) is 5.22. The van der Waals surface area contributed by atoms with E-state index in [1.807, 2.05) is 0 Å². The molecule has 1 aromatic carbocycles. The van der Waals surface area contributed by atoms with Crippen LogP contribution in [0.3, 0.4) is 0 Å². The van der Waals surface area contributed by atoms with Gasteiger partial charge < -0.3 is 14.5 Å². The minimum atomic E-state index is -3.88. The van der Waals surface area contributed by atoms with E-state index in [0.717, 1.165) is 31.9 Å². The Kier molecular flexibility index (Phi) is 6.71. The minimum Gasteiger partial charge on any atom is -0.495 e. The molecule has 0 bridgehead atoms. The van der Waals surface area contributed by atoms with Gasteiger partial charge in [0.15, 0.2) is 0 Å². The number of hydrogen-bond donors (Lipinski definition) is 1. The van der Waals surface area contributed by atoms with Crippen molar-refractivity contribution in [2.45, 2.75) is 4.83 Å². The third kappa shape index (κ3) is 4.71. The largest absolute Gasteiger partial charge is 0.495 e. The van der Waals surface area contributed by atoms with Crippen LogP contribution >= 0.6 is 39.7 Å². The van der Waals surface area contributed by atoms with Crippen molar-refractivity contribution < 1.29 is 13.2 Å². The first-order valence-electron chi connectivity index (χ1n) is 8.63. The molecule has 1 aliphatic carbocycles. The van der Waals surface area contributed by atoms with Gasteiger partial charge in [0.2, 0.25) is 0 Å². The van der Waals surface area contributed by atoms with Gasteiger partial charge in [-0.15, -0.1) is 0 Å². The maximum Gasteiger partial charge on any atom is 0.263 e. The zero-order chi connectivity index (χ0) is 20.5. The summed E-state index contributed by atoms with van der Waals surface area (Å²) < 4.78 is 33.9. The number of methoxy groups -OCH3 is 1. The minimum absolute atomic E-state index is 0.00570. The Bertz CT molecular complexity index is 941. The molecule has 28 heavy (non-hydrogen) atoms. The SMILES string of the molecule is COc1ccc(NS(=O)(=O)C2=CC(Cl)=CC(Br)C2=S)cc1N1CCN(C)CC1. The van der Waals surface area contributed by atoms with Crippen molar-refractivity contribution in [2.24, 2.45) is 0 Å². The van der Waals surface area contributed by atoms with Crippen molar-refractivity contribution >= 4 is 66.0 Å². The molecule has 10 heteroatoms. The van der Waals surface area contributed by atoms with E-state index in [4.69, 9.17) is 28.6 Å². The van der Waals surface area contributed by atoms with Gasteiger partial charge >= 0.3 is 0 Å². The van der Waals surface area contributed by atoms with Gasteiger partial charge in [-0.1, -0.05) is 39.7 Å². The van der Waals surface area contributed by atoms with E-state index >= 15 is 0 Å². The highest BCUT2D eigenvalue weighted by Crippen LogP contribution is 2.34. The van der Waals surface area contributed by atoms with E-state index in [9.17, 15) is 8.42 Å². The van der Waals surface area contributed by atoms with Gasteiger partial charge in [-0.3, -0.25) is 4.72 Å². The summed E-state index contributed by atoms with van der Waals surface area (Å²) >= 11 is 14.6. The standard InChI is InChI=1S/C18H21BrClN3O3S2/c1-22-5-7-23(8-6-22)15-11-13(3-4-16(15)26-2)21-28(24,25)17-10-12(20)9-14(19)18(17)27/h3-4,9-11,14,21H,5-8H2,1-2H3. The molecule has 1 atom stereocenters. The van der Waals surface area contributed by atoms with Gasteiger partial charge in [0.05, 0.1) is 28.2 Å². The molecule has 6 nitrogen and oxygen atoms in total. The van der Waals surface area contributed by atoms with Gasteiger partial charge in [-0.25, -0.2) is 8.42 Å². The van der Waals surface area contributed by atoms with Crippen LogP contribution in [0, 0.1) is 0 Å². The molecule has 1 N–H and O–H groups in total. The van der Waals surface area contributed by atoms with Gasteiger partial charge in [0.25, 0.3) is 10.0 Å². The zero-order valence-electron chi connectivity index (χ0n) is 15.5. The lowest BCUT2D eigenvalue weighted by molar-refractivity contribution is 0.311. The number of halogens is 2. The lowest BCUT2D eigenvalue weighted by Gasteiger charge is -2.35. The number of ether oxygens (including phenoxy) is 1. The molecule has 152 valence electrons. The van der Waals surface area contributed by atoms with E-state index in [0.29, 0.717) is 16.5 Å². The second kappa shape index (κ2) is 8.71. The van der Waals surface area contributed by atoms with Crippen molar-refractivity contribution in [1.29, 1.82) is 0 Å². The van der Waals surface area contributed by atoms with E-state index < -0.39 is 14.9 Å². The van der Waals surface area contributed by atoms with Crippen LogP contribution in [0.4, 0.5) is 11.4 Å². The molecule has 0 amide bonds.